The molecule has 2 amide bonds. The molecule has 0 aliphatic rings. The molecular weight excluding hydrogens is 292 g/mol. The van der Waals surface area contributed by atoms with Gasteiger partial charge >= 0.3 is 12.0 Å². The maximum absolute atomic E-state index is 11.6. The Morgan fingerprint density at radius 2 is 1.95 bits per heavy atom. The van der Waals surface area contributed by atoms with Crippen molar-refractivity contribution in [3.8, 4) is 0 Å². The van der Waals surface area contributed by atoms with Crippen molar-refractivity contribution in [2.45, 2.75) is 52.6 Å². The number of anilines is 1. The Morgan fingerprint density at radius 1 is 1.29 bits per heavy atom. The Bertz CT molecular complexity index is 494. The lowest BCUT2D eigenvalue weighted by Gasteiger charge is -2.12. The van der Waals surface area contributed by atoms with Crippen molar-refractivity contribution >= 4 is 28.5 Å². The summed E-state index contributed by atoms with van der Waals surface area (Å²) in [5, 5.41) is 14.4. The van der Waals surface area contributed by atoms with E-state index in [1.54, 1.807) is 13.8 Å². The Morgan fingerprint density at radius 3 is 2.48 bits per heavy atom. The lowest BCUT2D eigenvalue weighted by atomic mass is 9.98. The summed E-state index contributed by atoms with van der Waals surface area (Å²) in [6.07, 6.45) is -0.0156. The Hall–Kier alpha value is -1.70. The molecule has 0 saturated carbocycles. The summed E-state index contributed by atoms with van der Waals surface area (Å²) >= 11 is 1.33. The summed E-state index contributed by atoms with van der Waals surface area (Å²) in [6.45, 7) is 9.84. The van der Waals surface area contributed by atoms with Crippen LogP contribution in [0.1, 0.15) is 46.0 Å². The molecule has 0 fully saturated rings. The number of carbonyl (C=O) groups excluding carboxylic acids is 2. The van der Waals surface area contributed by atoms with Crippen molar-refractivity contribution < 1.29 is 14.3 Å². The van der Waals surface area contributed by atoms with E-state index in [1.807, 2.05) is 20.8 Å². The number of rotatable bonds is 5. The number of amides is 2. The van der Waals surface area contributed by atoms with Gasteiger partial charge in [0.1, 0.15) is 5.01 Å². The van der Waals surface area contributed by atoms with Crippen molar-refractivity contribution in [2.75, 3.05) is 11.9 Å². The second-order valence-corrected chi connectivity index (χ2v) is 6.81. The molecule has 0 radical (unpaired) electrons. The molecule has 1 heterocycles. The van der Waals surface area contributed by atoms with E-state index >= 15 is 0 Å². The van der Waals surface area contributed by atoms with E-state index in [-0.39, 0.29) is 30.5 Å². The minimum atomic E-state index is -0.413. The van der Waals surface area contributed by atoms with Crippen LogP contribution in [0.5, 0.6) is 0 Å². The summed E-state index contributed by atoms with van der Waals surface area (Å²) in [5.41, 5.74) is -0.103. The molecule has 21 heavy (non-hydrogen) atoms. The highest BCUT2D eigenvalue weighted by Crippen LogP contribution is 2.27. The zero-order valence-electron chi connectivity index (χ0n) is 13.0. The molecule has 0 aliphatic heterocycles. The Kier molecular flexibility index (Phi) is 6.07. The maximum Gasteiger partial charge on any atom is 0.321 e. The van der Waals surface area contributed by atoms with E-state index in [4.69, 9.17) is 4.74 Å². The van der Waals surface area contributed by atoms with Crippen LogP contribution in [0, 0.1) is 0 Å². The van der Waals surface area contributed by atoms with Crippen molar-refractivity contribution in [2.24, 2.45) is 0 Å². The minimum absolute atomic E-state index is 0.103. The highest BCUT2D eigenvalue weighted by Gasteiger charge is 2.20. The van der Waals surface area contributed by atoms with Crippen LogP contribution in [0.25, 0.3) is 0 Å². The van der Waals surface area contributed by atoms with E-state index in [0.717, 1.165) is 5.01 Å². The fourth-order valence-corrected chi connectivity index (χ4v) is 2.11. The lowest BCUT2D eigenvalue weighted by Crippen LogP contribution is -2.31. The molecule has 0 spiro atoms. The molecule has 118 valence electrons. The molecule has 1 aromatic heterocycles. The molecule has 1 aromatic rings. The van der Waals surface area contributed by atoms with Gasteiger partial charge in [-0.1, -0.05) is 32.1 Å². The number of urea groups is 1. The molecule has 2 N–H and O–H groups in total. The molecule has 1 rings (SSSR count). The van der Waals surface area contributed by atoms with Gasteiger partial charge in [0, 0.05) is 12.0 Å². The monoisotopic (exact) mass is 314 g/mol. The molecule has 0 atom stereocenters. The van der Waals surface area contributed by atoms with Gasteiger partial charge in [-0.25, -0.2) is 4.79 Å². The van der Waals surface area contributed by atoms with Gasteiger partial charge in [0.15, 0.2) is 0 Å². The average molecular weight is 314 g/mol. The summed E-state index contributed by atoms with van der Waals surface area (Å²) in [5.74, 6) is -0.337. The predicted molar refractivity (Wildman–Crippen MR) is 81.5 cm³/mol. The fourth-order valence-electron chi connectivity index (χ4n) is 1.32. The van der Waals surface area contributed by atoms with Gasteiger partial charge in [-0.2, -0.15) is 0 Å². The third-order valence-electron chi connectivity index (χ3n) is 2.27. The smallest absolute Gasteiger partial charge is 0.321 e. The third kappa shape index (κ3) is 6.52. The predicted octanol–water partition coefficient (Wildman–Crippen LogP) is 2.30. The van der Waals surface area contributed by atoms with Crippen LogP contribution in [0.3, 0.4) is 0 Å². The van der Waals surface area contributed by atoms with Gasteiger partial charge in [-0.15, -0.1) is 10.2 Å². The molecule has 8 heteroatoms. The highest BCUT2D eigenvalue weighted by atomic mass is 32.1. The van der Waals surface area contributed by atoms with E-state index in [2.05, 4.69) is 20.8 Å². The van der Waals surface area contributed by atoms with Gasteiger partial charge in [-0.3, -0.25) is 10.1 Å². The van der Waals surface area contributed by atoms with Crippen LogP contribution in [0.2, 0.25) is 0 Å². The summed E-state index contributed by atoms with van der Waals surface area (Å²) in [6, 6.07) is -0.413. The van der Waals surface area contributed by atoms with Crippen LogP contribution in [-0.2, 0) is 14.9 Å². The molecule has 7 nitrogen and oxygen atoms in total. The minimum Gasteiger partial charge on any atom is -0.463 e. The van der Waals surface area contributed by atoms with E-state index < -0.39 is 6.03 Å². The first-order valence-electron chi connectivity index (χ1n) is 6.77. The normalized spacial score (nSPS) is 11.3. The maximum atomic E-state index is 11.6. The number of esters is 1. The molecule has 0 aliphatic carbocycles. The molecule has 0 saturated heterocycles. The van der Waals surface area contributed by atoms with Crippen molar-refractivity contribution in [1.82, 2.24) is 15.5 Å². The van der Waals surface area contributed by atoms with Gasteiger partial charge in [0.05, 0.1) is 12.5 Å². The largest absolute Gasteiger partial charge is 0.463 e. The van der Waals surface area contributed by atoms with Crippen molar-refractivity contribution in [3.05, 3.63) is 5.01 Å². The molecule has 0 unspecified atom stereocenters. The third-order valence-corrected chi connectivity index (χ3v) is 3.53. The molecule has 0 bridgehead atoms. The van der Waals surface area contributed by atoms with E-state index in [0.29, 0.717) is 5.13 Å². The second-order valence-electron chi connectivity index (χ2n) is 5.83. The quantitative estimate of drug-likeness (QED) is 0.813. The van der Waals surface area contributed by atoms with E-state index in [9.17, 15) is 9.59 Å². The Labute approximate surface area is 128 Å². The fraction of sp³-hybridized carbons (Fsp3) is 0.692. The first kappa shape index (κ1) is 17.4. The van der Waals surface area contributed by atoms with Gasteiger partial charge in [0.2, 0.25) is 5.13 Å². The van der Waals surface area contributed by atoms with Crippen molar-refractivity contribution in [3.63, 3.8) is 0 Å². The average Bonchev–Trinajstić information content (AvgIpc) is 2.75. The summed E-state index contributed by atoms with van der Waals surface area (Å²) in [7, 11) is 0. The summed E-state index contributed by atoms with van der Waals surface area (Å²) in [4.78, 5) is 22.9. The zero-order chi connectivity index (χ0) is 16.0. The molecular formula is C13H22N4O3S. The Balaban J connectivity index is 2.34. The number of ether oxygens (including phenoxy) is 1. The topological polar surface area (TPSA) is 93.2 Å². The highest BCUT2D eigenvalue weighted by molar-refractivity contribution is 7.15. The first-order chi connectivity index (χ1) is 9.68. The van der Waals surface area contributed by atoms with Crippen molar-refractivity contribution in [1.29, 1.82) is 0 Å². The first-order valence-corrected chi connectivity index (χ1v) is 7.58. The van der Waals surface area contributed by atoms with E-state index in [1.165, 1.54) is 11.3 Å². The standard InChI is InChI=1S/C13H22N4O3S/c1-8(2)20-9(18)6-7-14-11(19)15-12-17-16-10(21-12)13(3,4)5/h8H,6-7H2,1-5H3,(H2,14,15,17,19). The van der Waals surface area contributed by atoms with Gasteiger partial charge in [-0.05, 0) is 13.8 Å². The number of hydrogen-bond donors (Lipinski definition) is 2. The zero-order valence-corrected chi connectivity index (χ0v) is 13.8. The van der Waals surface area contributed by atoms with Crippen LogP contribution in [0.15, 0.2) is 0 Å². The lowest BCUT2D eigenvalue weighted by molar-refractivity contribution is -0.147. The number of hydrogen-bond acceptors (Lipinski definition) is 6. The van der Waals surface area contributed by atoms with Gasteiger partial charge < -0.3 is 10.1 Å². The van der Waals surface area contributed by atoms with Crippen LogP contribution < -0.4 is 10.6 Å². The van der Waals surface area contributed by atoms with Crippen LogP contribution in [-0.4, -0.2) is 34.8 Å². The SMILES string of the molecule is CC(C)OC(=O)CCNC(=O)Nc1nnc(C(C)(C)C)s1. The number of carbonyl (C=O) groups is 2. The van der Waals surface area contributed by atoms with Crippen LogP contribution >= 0.6 is 11.3 Å². The van der Waals surface area contributed by atoms with Gasteiger partial charge in [0.25, 0.3) is 0 Å². The second kappa shape index (κ2) is 7.35. The number of nitrogens with one attached hydrogen (secondary N) is 2. The molecule has 0 aromatic carbocycles. The summed E-state index contributed by atoms with van der Waals surface area (Å²) < 4.78 is 4.96. The number of nitrogens with zero attached hydrogens (tertiary/aromatic N) is 2. The number of aromatic nitrogens is 2. The van der Waals surface area contributed by atoms with Crippen LogP contribution in [0.4, 0.5) is 9.93 Å².